The maximum atomic E-state index is 4.42. The highest BCUT2D eigenvalue weighted by Gasteiger charge is 2.40. The fourth-order valence-corrected chi connectivity index (χ4v) is 4.82. The van der Waals surface area contributed by atoms with E-state index < -0.39 is 0 Å². The minimum Gasteiger partial charge on any atom is -0.320 e. The monoisotopic (exact) mass is 343 g/mol. The molecule has 3 aromatic rings. The Hall–Kier alpha value is -2.39. The molecule has 2 atom stereocenters. The summed E-state index contributed by atoms with van der Waals surface area (Å²) in [6, 6.07) is 12.4. The molecular formula is C23H25N3. The second kappa shape index (κ2) is 5.82. The van der Waals surface area contributed by atoms with Gasteiger partial charge in [0.15, 0.2) is 0 Å². The summed E-state index contributed by atoms with van der Waals surface area (Å²) >= 11 is 0. The van der Waals surface area contributed by atoms with E-state index in [1.165, 1.54) is 35.0 Å². The number of rotatable bonds is 2. The van der Waals surface area contributed by atoms with Gasteiger partial charge >= 0.3 is 0 Å². The molecule has 2 aromatic heterocycles. The summed E-state index contributed by atoms with van der Waals surface area (Å²) in [7, 11) is 2.30. The van der Waals surface area contributed by atoms with Crippen LogP contribution in [0, 0.1) is 13.8 Å². The summed E-state index contributed by atoms with van der Waals surface area (Å²) in [6.07, 6.45) is 10.1. The van der Waals surface area contributed by atoms with Crippen molar-refractivity contribution in [3.8, 4) is 0 Å². The molecule has 0 saturated carbocycles. The molecule has 0 aliphatic carbocycles. The highest BCUT2D eigenvalue weighted by Crippen LogP contribution is 2.47. The SMILES string of the molecule is Cc1ccc2c(c1)c1c(n2/C=C/c2ccc(C)nc2)CC2CCC1N2C. The highest BCUT2D eigenvalue weighted by atomic mass is 15.2. The van der Waals surface area contributed by atoms with Crippen molar-refractivity contribution >= 4 is 23.2 Å². The zero-order chi connectivity index (χ0) is 17.8. The summed E-state index contributed by atoms with van der Waals surface area (Å²) in [4.78, 5) is 7.02. The van der Waals surface area contributed by atoms with Crippen molar-refractivity contribution in [1.29, 1.82) is 0 Å². The van der Waals surface area contributed by atoms with E-state index in [1.807, 2.05) is 13.1 Å². The van der Waals surface area contributed by atoms with Crippen LogP contribution in [0.15, 0.2) is 36.5 Å². The van der Waals surface area contributed by atoms with Gasteiger partial charge in [0.1, 0.15) is 0 Å². The van der Waals surface area contributed by atoms with E-state index in [1.54, 1.807) is 5.56 Å². The Balaban J connectivity index is 1.68. The average molecular weight is 343 g/mol. The Morgan fingerprint density at radius 2 is 2.00 bits per heavy atom. The van der Waals surface area contributed by atoms with Gasteiger partial charge in [-0.1, -0.05) is 17.7 Å². The lowest BCUT2D eigenvalue weighted by molar-refractivity contribution is 0.223. The molecule has 2 bridgehead atoms. The zero-order valence-electron chi connectivity index (χ0n) is 15.7. The minimum atomic E-state index is 0.573. The van der Waals surface area contributed by atoms with E-state index in [9.17, 15) is 0 Å². The molecule has 0 spiro atoms. The van der Waals surface area contributed by atoms with Crippen molar-refractivity contribution < 1.29 is 0 Å². The van der Waals surface area contributed by atoms with Crippen molar-refractivity contribution in [3.63, 3.8) is 0 Å². The molecule has 1 aromatic carbocycles. The van der Waals surface area contributed by atoms with E-state index in [2.05, 4.69) is 71.0 Å². The van der Waals surface area contributed by atoms with Gasteiger partial charge in [-0.2, -0.15) is 0 Å². The number of benzene rings is 1. The van der Waals surface area contributed by atoms with Crippen LogP contribution in [-0.2, 0) is 6.42 Å². The van der Waals surface area contributed by atoms with E-state index in [-0.39, 0.29) is 0 Å². The third-order valence-electron chi connectivity index (χ3n) is 6.26. The van der Waals surface area contributed by atoms with Crippen molar-refractivity contribution in [3.05, 3.63) is 64.6 Å². The molecule has 26 heavy (non-hydrogen) atoms. The summed E-state index contributed by atoms with van der Waals surface area (Å²) in [5.74, 6) is 0. The predicted octanol–water partition coefficient (Wildman–Crippen LogP) is 4.97. The number of aryl methyl sites for hydroxylation is 2. The van der Waals surface area contributed by atoms with Crippen LogP contribution in [0.2, 0.25) is 0 Å². The van der Waals surface area contributed by atoms with Crippen LogP contribution in [0.4, 0.5) is 0 Å². The molecule has 2 aliphatic rings. The van der Waals surface area contributed by atoms with Gasteiger partial charge in [-0.25, -0.2) is 0 Å². The summed E-state index contributed by atoms with van der Waals surface area (Å²) in [6.45, 7) is 4.22. The first-order valence-electron chi connectivity index (χ1n) is 9.58. The number of hydrogen-bond donors (Lipinski definition) is 0. The average Bonchev–Trinajstić information content (AvgIpc) is 3.04. The molecule has 5 rings (SSSR count). The first-order chi connectivity index (χ1) is 12.6. The van der Waals surface area contributed by atoms with Crippen LogP contribution >= 0.6 is 0 Å². The van der Waals surface area contributed by atoms with Gasteiger partial charge in [0, 0.05) is 47.7 Å². The van der Waals surface area contributed by atoms with Crippen molar-refractivity contribution in [2.24, 2.45) is 0 Å². The molecule has 0 amide bonds. The largest absolute Gasteiger partial charge is 0.320 e. The van der Waals surface area contributed by atoms with Crippen LogP contribution in [0.25, 0.3) is 23.2 Å². The van der Waals surface area contributed by atoms with Crippen LogP contribution in [0.5, 0.6) is 0 Å². The van der Waals surface area contributed by atoms with E-state index in [0.29, 0.717) is 12.1 Å². The molecule has 2 unspecified atom stereocenters. The Morgan fingerprint density at radius 1 is 1.12 bits per heavy atom. The van der Waals surface area contributed by atoms with Crippen LogP contribution in [0.3, 0.4) is 0 Å². The number of hydrogen-bond acceptors (Lipinski definition) is 2. The normalized spacial score (nSPS) is 22.4. The standard InChI is InChI=1S/C23H25N3/c1-15-4-8-20-19(12-15)23-21-9-7-18(25(21)3)13-22(23)26(20)11-10-17-6-5-16(2)24-14-17/h4-6,8,10-12,14,18,21H,7,9,13H2,1-3H3/b11-10+. The fraction of sp³-hybridized carbons (Fsp3) is 0.348. The van der Waals surface area contributed by atoms with Crippen molar-refractivity contribution in [1.82, 2.24) is 14.5 Å². The molecule has 1 saturated heterocycles. The Morgan fingerprint density at radius 3 is 2.81 bits per heavy atom. The lowest BCUT2D eigenvalue weighted by Gasteiger charge is -2.32. The second-order valence-corrected chi connectivity index (χ2v) is 7.92. The van der Waals surface area contributed by atoms with E-state index in [4.69, 9.17) is 0 Å². The Bertz CT molecular complexity index is 1010. The first-order valence-corrected chi connectivity index (χ1v) is 9.58. The number of likely N-dealkylation sites (N-methyl/N-ethyl adjacent to an activating group) is 1. The van der Waals surface area contributed by atoms with Gasteiger partial charge in [-0.15, -0.1) is 0 Å². The summed E-state index contributed by atoms with van der Waals surface area (Å²) in [5, 5.41) is 1.43. The van der Waals surface area contributed by atoms with Gasteiger partial charge in [-0.3, -0.25) is 9.88 Å². The molecule has 0 radical (unpaired) electrons. The Kier molecular flexibility index (Phi) is 3.54. The molecular weight excluding hydrogens is 318 g/mol. The summed E-state index contributed by atoms with van der Waals surface area (Å²) in [5.41, 5.74) is 7.94. The number of aromatic nitrogens is 2. The fourth-order valence-electron chi connectivity index (χ4n) is 4.82. The van der Waals surface area contributed by atoms with Gasteiger partial charge in [0.25, 0.3) is 0 Å². The lowest BCUT2D eigenvalue weighted by Crippen LogP contribution is -2.34. The lowest BCUT2D eigenvalue weighted by atomic mass is 9.97. The van der Waals surface area contributed by atoms with Crippen LogP contribution < -0.4 is 0 Å². The quantitative estimate of drug-likeness (QED) is 0.655. The maximum absolute atomic E-state index is 4.42. The maximum Gasteiger partial charge on any atom is 0.0529 e. The van der Waals surface area contributed by atoms with Gasteiger partial charge in [0.05, 0.1) is 5.52 Å². The highest BCUT2D eigenvalue weighted by molar-refractivity contribution is 5.90. The third kappa shape index (κ3) is 2.34. The zero-order valence-corrected chi connectivity index (χ0v) is 15.7. The Labute approximate surface area is 155 Å². The van der Waals surface area contributed by atoms with Crippen LogP contribution in [-0.4, -0.2) is 27.5 Å². The van der Waals surface area contributed by atoms with Crippen LogP contribution in [0.1, 0.15) is 47.0 Å². The first kappa shape index (κ1) is 15.8. The topological polar surface area (TPSA) is 21.1 Å². The molecule has 132 valence electrons. The van der Waals surface area contributed by atoms with Crippen molar-refractivity contribution in [2.75, 3.05) is 7.05 Å². The van der Waals surface area contributed by atoms with Gasteiger partial charge < -0.3 is 4.57 Å². The molecule has 1 fully saturated rings. The third-order valence-corrected chi connectivity index (χ3v) is 6.26. The van der Waals surface area contributed by atoms with E-state index >= 15 is 0 Å². The molecule has 3 nitrogen and oxygen atoms in total. The summed E-state index contributed by atoms with van der Waals surface area (Å²) < 4.78 is 2.43. The predicted molar refractivity (Wildman–Crippen MR) is 108 cm³/mol. The molecule has 3 heteroatoms. The number of fused-ring (bicyclic) bond motifs is 6. The molecule has 0 N–H and O–H groups in total. The van der Waals surface area contributed by atoms with Crippen molar-refractivity contribution in [2.45, 2.75) is 45.2 Å². The number of pyridine rings is 1. The minimum absolute atomic E-state index is 0.573. The smallest absolute Gasteiger partial charge is 0.0529 e. The van der Waals surface area contributed by atoms with Gasteiger partial charge in [-0.05, 0) is 69.1 Å². The van der Waals surface area contributed by atoms with Gasteiger partial charge in [0.2, 0.25) is 0 Å². The number of nitrogens with zero attached hydrogens (tertiary/aromatic N) is 3. The molecule has 2 aliphatic heterocycles. The molecule has 4 heterocycles. The van der Waals surface area contributed by atoms with E-state index in [0.717, 1.165) is 17.7 Å². The second-order valence-electron chi connectivity index (χ2n) is 7.92.